The van der Waals surface area contributed by atoms with Crippen LogP contribution in [0, 0.1) is 17.2 Å². The number of carbonyl (C=O) groups excluding carboxylic acids is 1. The number of benzene rings is 1. The summed E-state index contributed by atoms with van der Waals surface area (Å²) in [6, 6.07) is 9.93. The third kappa shape index (κ3) is 12.5. The molecule has 1 atom stereocenters. The van der Waals surface area contributed by atoms with Crippen LogP contribution in [-0.2, 0) is 4.74 Å². The van der Waals surface area contributed by atoms with Gasteiger partial charge in [-0.1, -0.05) is 71.1 Å². The van der Waals surface area contributed by atoms with E-state index in [4.69, 9.17) is 4.74 Å². The Morgan fingerprint density at radius 1 is 0.900 bits per heavy atom. The Hall–Kier alpha value is -2.02. The van der Waals surface area contributed by atoms with Gasteiger partial charge in [0.05, 0.1) is 18.2 Å². The fourth-order valence-electron chi connectivity index (χ4n) is 3.66. The third-order valence-corrected chi connectivity index (χ3v) is 5.54. The van der Waals surface area contributed by atoms with Crippen molar-refractivity contribution in [1.29, 1.82) is 5.26 Å². The van der Waals surface area contributed by atoms with Crippen molar-refractivity contribution < 1.29 is 9.53 Å². The van der Waals surface area contributed by atoms with E-state index in [1.54, 1.807) is 12.1 Å². The molecule has 0 saturated carbocycles. The Kier molecular flexibility index (Phi) is 15.4. The summed E-state index contributed by atoms with van der Waals surface area (Å²) in [7, 11) is 0. The highest BCUT2D eigenvalue weighted by Crippen LogP contribution is 2.18. The van der Waals surface area contributed by atoms with Crippen molar-refractivity contribution in [3.8, 4) is 6.07 Å². The van der Waals surface area contributed by atoms with Gasteiger partial charge in [0.2, 0.25) is 0 Å². The molecule has 0 heterocycles. The molecule has 30 heavy (non-hydrogen) atoms. The number of hydrogen-bond donors (Lipinski definition) is 1. The van der Waals surface area contributed by atoms with E-state index in [1.165, 1.54) is 51.4 Å². The maximum atomic E-state index is 11.6. The van der Waals surface area contributed by atoms with Crippen molar-refractivity contribution in [2.75, 3.05) is 18.5 Å². The van der Waals surface area contributed by atoms with Crippen LogP contribution in [0.15, 0.2) is 24.3 Å². The fraction of sp³-hybridized carbons (Fsp3) is 0.692. The highest BCUT2D eigenvalue weighted by atomic mass is 16.5. The normalized spacial score (nSPS) is 11.6. The number of rotatable bonds is 18. The number of nitrogens with zero attached hydrogens (tertiary/aromatic N) is 1. The Bertz CT molecular complexity index is 592. The van der Waals surface area contributed by atoms with Gasteiger partial charge in [0, 0.05) is 18.2 Å². The molecule has 0 spiro atoms. The van der Waals surface area contributed by atoms with E-state index in [0.717, 1.165) is 44.3 Å². The highest BCUT2D eigenvalue weighted by Gasteiger charge is 2.07. The van der Waals surface area contributed by atoms with Crippen molar-refractivity contribution in [3.63, 3.8) is 0 Å². The zero-order valence-electron chi connectivity index (χ0n) is 19.3. The summed E-state index contributed by atoms with van der Waals surface area (Å²) in [5, 5.41) is 12.8. The molecular formula is C26H42N2O2. The minimum absolute atomic E-state index is 0.230. The molecule has 1 N–H and O–H groups in total. The quantitative estimate of drug-likeness (QED) is 0.199. The molecule has 4 heteroatoms. The molecule has 0 bridgehead atoms. The predicted molar refractivity (Wildman–Crippen MR) is 126 cm³/mol. The predicted octanol–water partition coefficient (Wildman–Crippen LogP) is 7.51. The molecule has 0 aliphatic rings. The molecule has 0 aliphatic heterocycles. The molecular weight excluding hydrogens is 372 g/mol. The van der Waals surface area contributed by atoms with Crippen molar-refractivity contribution in [2.24, 2.45) is 5.92 Å². The number of esters is 1. The minimum Gasteiger partial charge on any atom is -0.462 e. The summed E-state index contributed by atoms with van der Waals surface area (Å²) in [5.41, 5.74) is 1.61. The lowest BCUT2D eigenvalue weighted by Gasteiger charge is -2.10. The van der Waals surface area contributed by atoms with Crippen LogP contribution < -0.4 is 5.32 Å². The SMILES string of the molecule is CCCCCCCCCCC(C#N)CCCCCNc1ccc(C(=O)OCC)cc1. The van der Waals surface area contributed by atoms with E-state index in [0.29, 0.717) is 12.2 Å². The first-order valence-electron chi connectivity index (χ1n) is 12.1. The molecule has 1 rings (SSSR count). The Morgan fingerprint density at radius 3 is 2.03 bits per heavy atom. The summed E-state index contributed by atoms with van der Waals surface area (Å²) in [5.74, 6) is -0.0449. The first-order valence-corrected chi connectivity index (χ1v) is 12.1. The first kappa shape index (κ1) is 26.0. The molecule has 168 valence electrons. The van der Waals surface area contributed by atoms with E-state index < -0.39 is 0 Å². The second-order valence-electron chi connectivity index (χ2n) is 8.16. The number of unbranched alkanes of at least 4 members (excludes halogenated alkanes) is 9. The van der Waals surface area contributed by atoms with Gasteiger partial charge in [-0.3, -0.25) is 0 Å². The van der Waals surface area contributed by atoms with Gasteiger partial charge >= 0.3 is 5.97 Å². The molecule has 0 fully saturated rings. The maximum Gasteiger partial charge on any atom is 0.338 e. The molecule has 0 aromatic heterocycles. The average Bonchev–Trinajstić information content (AvgIpc) is 2.77. The highest BCUT2D eigenvalue weighted by molar-refractivity contribution is 5.89. The average molecular weight is 415 g/mol. The monoisotopic (exact) mass is 414 g/mol. The number of hydrogen-bond acceptors (Lipinski definition) is 4. The lowest BCUT2D eigenvalue weighted by molar-refractivity contribution is 0.0526. The zero-order valence-corrected chi connectivity index (χ0v) is 19.3. The van der Waals surface area contributed by atoms with E-state index in [1.807, 2.05) is 19.1 Å². The van der Waals surface area contributed by atoms with Gasteiger partial charge in [0.25, 0.3) is 0 Å². The topological polar surface area (TPSA) is 62.1 Å². The van der Waals surface area contributed by atoms with Gasteiger partial charge in [0.1, 0.15) is 0 Å². The smallest absolute Gasteiger partial charge is 0.338 e. The van der Waals surface area contributed by atoms with Crippen LogP contribution >= 0.6 is 0 Å². The third-order valence-electron chi connectivity index (χ3n) is 5.54. The lowest BCUT2D eigenvalue weighted by atomic mass is 9.96. The number of nitriles is 1. The van der Waals surface area contributed by atoms with Crippen LogP contribution in [0.4, 0.5) is 5.69 Å². The minimum atomic E-state index is -0.275. The fourth-order valence-corrected chi connectivity index (χ4v) is 3.66. The number of carbonyl (C=O) groups is 1. The summed E-state index contributed by atoms with van der Waals surface area (Å²) < 4.78 is 4.99. The largest absolute Gasteiger partial charge is 0.462 e. The maximum absolute atomic E-state index is 11.6. The van der Waals surface area contributed by atoms with E-state index in [2.05, 4.69) is 18.3 Å². The number of ether oxygens (including phenoxy) is 1. The zero-order chi connectivity index (χ0) is 21.9. The van der Waals surface area contributed by atoms with Crippen LogP contribution in [-0.4, -0.2) is 19.1 Å². The second-order valence-corrected chi connectivity index (χ2v) is 8.16. The second kappa shape index (κ2) is 17.8. The molecule has 0 radical (unpaired) electrons. The van der Waals surface area contributed by atoms with Crippen molar-refractivity contribution >= 4 is 11.7 Å². The summed E-state index contributed by atoms with van der Waals surface area (Å²) in [6.45, 7) is 5.37. The summed E-state index contributed by atoms with van der Waals surface area (Å²) >= 11 is 0. The van der Waals surface area contributed by atoms with Gasteiger partial charge in [-0.05, 0) is 50.5 Å². The van der Waals surface area contributed by atoms with Crippen LogP contribution in [0.2, 0.25) is 0 Å². The summed E-state index contributed by atoms with van der Waals surface area (Å²) in [4.78, 5) is 11.6. The van der Waals surface area contributed by atoms with E-state index >= 15 is 0 Å². The Labute approximate surface area is 184 Å². The van der Waals surface area contributed by atoms with Gasteiger partial charge in [-0.25, -0.2) is 4.79 Å². The first-order chi connectivity index (χ1) is 14.7. The van der Waals surface area contributed by atoms with Gasteiger partial charge in [0.15, 0.2) is 0 Å². The molecule has 0 amide bonds. The van der Waals surface area contributed by atoms with Crippen LogP contribution in [0.25, 0.3) is 0 Å². The molecule has 0 aliphatic carbocycles. The molecule has 1 aromatic carbocycles. The van der Waals surface area contributed by atoms with Crippen LogP contribution in [0.3, 0.4) is 0 Å². The van der Waals surface area contributed by atoms with Gasteiger partial charge in [-0.15, -0.1) is 0 Å². The van der Waals surface area contributed by atoms with Gasteiger partial charge in [-0.2, -0.15) is 5.26 Å². The van der Waals surface area contributed by atoms with E-state index in [9.17, 15) is 10.1 Å². The Balaban J connectivity index is 2.04. The van der Waals surface area contributed by atoms with Crippen molar-refractivity contribution in [3.05, 3.63) is 29.8 Å². The molecule has 4 nitrogen and oxygen atoms in total. The molecule has 0 saturated heterocycles. The Morgan fingerprint density at radius 2 is 1.47 bits per heavy atom. The molecule has 1 unspecified atom stereocenters. The van der Waals surface area contributed by atoms with Crippen molar-refractivity contribution in [1.82, 2.24) is 0 Å². The van der Waals surface area contributed by atoms with Crippen LogP contribution in [0.1, 0.15) is 108 Å². The lowest BCUT2D eigenvalue weighted by Crippen LogP contribution is -2.05. The molecule has 1 aromatic rings. The van der Waals surface area contributed by atoms with Crippen molar-refractivity contribution in [2.45, 2.75) is 97.3 Å². The number of nitrogens with one attached hydrogen (secondary N) is 1. The van der Waals surface area contributed by atoms with Crippen LogP contribution in [0.5, 0.6) is 0 Å². The van der Waals surface area contributed by atoms with Gasteiger partial charge < -0.3 is 10.1 Å². The standard InChI is InChI=1S/C26H42N2O2/c1-3-5-6-7-8-9-10-12-15-23(22-27)16-13-11-14-21-28-25-19-17-24(18-20-25)26(29)30-4-2/h17-20,23,28H,3-16,21H2,1-2H3. The number of anilines is 1. The van der Waals surface area contributed by atoms with E-state index in [-0.39, 0.29) is 11.9 Å². The summed E-state index contributed by atoms with van der Waals surface area (Å²) in [6.07, 6.45) is 16.1.